The minimum atomic E-state index is -2.55. The van der Waals surface area contributed by atoms with E-state index in [0.717, 1.165) is 20.8 Å². The van der Waals surface area contributed by atoms with Crippen molar-refractivity contribution in [2.75, 3.05) is 130 Å². The summed E-state index contributed by atoms with van der Waals surface area (Å²) in [5.74, 6) is -14.7. The first-order valence-corrected chi connectivity index (χ1v) is 35.6. The molecule has 0 saturated carbocycles. The lowest BCUT2D eigenvalue weighted by Gasteiger charge is -2.46. The lowest BCUT2D eigenvalue weighted by molar-refractivity contribution is -0.311. The van der Waals surface area contributed by atoms with Gasteiger partial charge in [0.1, 0.15) is 89.1 Å². The minimum Gasteiger partial charge on any atom is -0.477 e. The van der Waals surface area contributed by atoms with E-state index in [1.54, 1.807) is 4.90 Å². The Kier molecular flexibility index (Phi) is 34.2. The van der Waals surface area contributed by atoms with Crippen LogP contribution in [0.25, 0.3) is 0 Å². The van der Waals surface area contributed by atoms with Crippen molar-refractivity contribution in [1.82, 2.24) is 20.9 Å². The Balaban J connectivity index is 1.03. The van der Waals surface area contributed by atoms with Crippen LogP contribution in [0.15, 0.2) is 28.8 Å². The summed E-state index contributed by atoms with van der Waals surface area (Å²) < 4.78 is 33.8. The number of carboxylic acid groups (broad SMARTS) is 3. The summed E-state index contributed by atoms with van der Waals surface area (Å²) in [6.07, 6.45) is -21.2. The zero-order valence-electron chi connectivity index (χ0n) is 60.3. The Morgan fingerprint density at radius 3 is 0.807 bits per heavy atom. The maximum absolute atomic E-state index is 12.9. The molecule has 3 aliphatic rings. The standard InChI is InChI=1S/C66H102N10O33/c1-31(80)73-40-34(83)25-64(61(98)99,107-58(40)49(89)37(86)28-77)104-22-10-4-7-13-67-43-46(55(95)52(43)92)70-16-19-76(20-17-71-47-44(53(93)56(47)96)68-14-8-5-11-23-105-65(62(100)101)26-35(84)41(74-32(2)81)59(108-65)50(90)38(87)29-78)21-18-72-48-45(54(94)57(48)97)69-15-9-6-12-24-106-66(63(102)103)27-36(85)42(75-33(3)82)60(109-66)51(91)39(88)30-79/h34-42,49-51,58-60,67-72,77-79,83-91H,4-30H2,1-3H3,(H,73,80)(H,74,81)(H,75,82)(H,98,99)(H,100,101)(H,102,103)/t34-,35-,36-,37+,38+,39+,40+,41+,42+,49+,50+,51+,58+,59+,60+,64+,65+,66+/m0/s1. The van der Waals surface area contributed by atoms with Gasteiger partial charge in [-0.25, -0.2) is 14.4 Å². The number of aliphatic hydroxyl groups is 12. The van der Waals surface area contributed by atoms with Crippen molar-refractivity contribution >= 4 is 69.8 Å². The first-order valence-electron chi connectivity index (χ1n) is 35.6. The molecule has 0 aliphatic carbocycles. The lowest BCUT2D eigenvalue weighted by atomic mass is 9.88. The van der Waals surface area contributed by atoms with Gasteiger partial charge in [-0.3, -0.25) is 48.1 Å². The Morgan fingerprint density at radius 1 is 0.385 bits per heavy atom. The zero-order valence-corrected chi connectivity index (χ0v) is 60.3. The third-order valence-electron chi connectivity index (χ3n) is 18.9. The summed E-state index contributed by atoms with van der Waals surface area (Å²) in [6, 6.07) is -4.19. The van der Waals surface area contributed by atoms with Crippen LogP contribution in [0.3, 0.4) is 0 Å². The van der Waals surface area contributed by atoms with Gasteiger partial charge in [0, 0.05) is 98.9 Å². The Labute approximate surface area is 620 Å². The SMILES string of the molecule is CC(=O)N[C@H]1[C@H]([C@H](O)[C@H](O)CO)O[C@@](OCCCCCNc2c(NCCN(CCNc3c(NCCCCCO[C@]4(C(=O)O)C[C@H](O)[C@@H](NC(C)=O)[C@H]([C@H](O)[C@H](O)CO)O4)c(=O)c3=O)CCNc3c(NCCCCCO[C@]4(C(=O)O)C[C@H](O)[C@@H](NC(C)=O)[C@H]([C@H](O)[C@H](O)CO)O4)c(=O)c3=O)c(=O)c2=O)(C(=O)O)C[C@@H]1O. The number of ether oxygens (including phenoxy) is 6. The quantitative estimate of drug-likeness (QED) is 0.0184. The zero-order chi connectivity index (χ0) is 80.8. The number of anilines is 6. The van der Waals surface area contributed by atoms with Crippen LogP contribution in [0.1, 0.15) is 97.8 Å². The molecular weight excluding hydrogens is 1460 g/mol. The largest absolute Gasteiger partial charge is 0.477 e. The molecule has 109 heavy (non-hydrogen) atoms. The average Bonchev–Trinajstić information content (AvgIpc) is 0.813. The van der Waals surface area contributed by atoms with Crippen molar-refractivity contribution in [2.24, 2.45) is 0 Å². The van der Waals surface area contributed by atoms with Gasteiger partial charge >= 0.3 is 17.9 Å². The molecule has 0 unspecified atom stereocenters. The van der Waals surface area contributed by atoms with Gasteiger partial charge in [-0.1, -0.05) is 0 Å². The number of rotatable bonds is 51. The van der Waals surface area contributed by atoms with Gasteiger partial charge in [-0.05, 0) is 57.8 Å². The number of nitrogens with zero attached hydrogens (tertiary/aromatic N) is 1. The summed E-state index contributed by atoms with van der Waals surface area (Å²) in [7, 11) is 0. The van der Waals surface area contributed by atoms with Gasteiger partial charge in [0.2, 0.25) is 17.7 Å². The molecule has 18 atom stereocenters. The van der Waals surface area contributed by atoms with E-state index in [4.69, 9.17) is 28.4 Å². The molecule has 3 fully saturated rings. The van der Waals surface area contributed by atoms with Crippen molar-refractivity contribution < 1.29 is 134 Å². The second kappa shape index (κ2) is 41.4. The molecule has 0 spiro atoms. The van der Waals surface area contributed by atoms with Crippen molar-refractivity contribution in [2.45, 2.75) is 207 Å². The van der Waals surface area contributed by atoms with E-state index in [1.807, 2.05) is 0 Å². The number of carbonyl (C=O) groups excluding carboxylic acids is 3. The summed E-state index contributed by atoms with van der Waals surface area (Å²) in [5.41, 5.74) is -5.21. The summed E-state index contributed by atoms with van der Waals surface area (Å²) in [4.78, 5) is 152. The fourth-order valence-corrected chi connectivity index (χ4v) is 12.9. The van der Waals surface area contributed by atoms with Crippen LogP contribution in [-0.4, -0.2) is 324 Å². The van der Waals surface area contributed by atoms with E-state index >= 15 is 0 Å². The first kappa shape index (κ1) is 90.0. The topological polar surface area (TPSA) is 675 Å². The molecular formula is C66H102N10O33. The smallest absolute Gasteiger partial charge is 0.364 e. The van der Waals surface area contributed by atoms with Crippen LogP contribution in [0.5, 0.6) is 0 Å². The number of aliphatic carboxylic acids is 3. The highest BCUT2D eigenvalue weighted by Crippen LogP contribution is 2.37. The van der Waals surface area contributed by atoms with Crippen molar-refractivity contribution in [3.8, 4) is 0 Å². The van der Waals surface area contributed by atoms with E-state index < -0.39 is 216 Å². The average molecular weight is 1560 g/mol. The molecule has 0 bridgehead atoms. The summed E-state index contributed by atoms with van der Waals surface area (Å²) >= 11 is 0. The van der Waals surface area contributed by atoms with E-state index in [9.17, 15) is 134 Å². The molecule has 6 rings (SSSR count). The van der Waals surface area contributed by atoms with Gasteiger partial charge in [0.15, 0.2) is 0 Å². The number of hydrogen-bond donors (Lipinski definition) is 24. The van der Waals surface area contributed by atoms with E-state index in [0.29, 0.717) is 38.5 Å². The molecule has 43 nitrogen and oxygen atoms in total. The minimum absolute atomic E-state index is 0.0186. The molecule has 24 N–H and O–H groups in total. The Hall–Kier alpha value is -7.90. The predicted molar refractivity (Wildman–Crippen MR) is 379 cm³/mol. The highest BCUT2D eigenvalue weighted by atomic mass is 16.7. The number of carboxylic acids is 3. The second-order valence-corrected chi connectivity index (χ2v) is 27.0. The first-order chi connectivity index (χ1) is 51.6. The number of hydrogen-bond acceptors (Lipinski definition) is 37. The lowest BCUT2D eigenvalue weighted by Crippen LogP contribution is -2.67. The number of amides is 3. The third-order valence-corrected chi connectivity index (χ3v) is 18.9. The molecule has 3 saturated heterocycles. The molecule has 3 amide bonds. The molecule has 3 aromatic rings. The normalized spacial score (nSPS) is 26.0. The fourth-order valence-electron chi connectivity index (χ4n) is 12.9. The maximum Gasteiger partial charge on any atom is 0.364 e. The van der Waals surface area contributed by atoms with E-state index in [-0.39, 0.29) is 132 Å². The third kappa shape index (κ3) is 22.9. The molecule has 0 radical (unpaired) electrons. The van der Waals surface area contributed by atoms with Gasteiger partial charge < -0.3 is 153 Å². The van der Waals surface area contributed by atoms with Gasteiger partial charge in [-0.15, -0.1) is 0 Å². The predicted octanol–water partition coefficient (Wildman–Crippen LogP) is -9.34. The summed E-state index contributed by atoms with van der Waals surface area (Å²) in [6.45, 7) is 0.351. The monoisotopic (exact) mass is 1560 g/mol. The molecule has 43 heteroatoms. The molecule has 3 aliphatic heterocycles. The Bertz CT molecular complexity index is 3360. The number of nitrogens with one attached hydrogen (secondary N) is 9. The highest BCUT2D eigenvalue weighted by molar-refractivity contribution is 5.79. The summed E-state index contributed by atoms with van der Waals surface area (Å²) in [5, 5.41) is 179. The van der Waals surface area contributed by atoms with Crippen LogP contribution in [0, 0.1) is 0 Å². The molecule has 0 aromatic heterocycles. The number of carbonyl (C=O) groups is 6. The fraction of sp³-hybridized carbons (Fsp3) is 0.727. The van der Waals surface area contributed by atoms with Crippen LogP contribution in [0.4, 0.5) is 34.1 Å². The van der Waals surface area contributed by atoms with Crippen LogP contribution >= 0.6 is 0 Å². The van der Waals surface area contributed by atoms with E-state index in [2.05, 4.69) is 47.9 Å². The van der Waals surface area contributed by atoms with E-state index in [1.165, 1.54) is 0 Å². The Morgan fingerprint density at radius 2 is 0.606 bits per heavy atom. The molecule has 3 heterocycles. The second-order valence-electron chi connectivity index (χ2n) is 27.0. The van der Waals surface area contributed by atoms with Crippen molar-refractivity contribution in [3.63, 3.8) is 0 Å². The number of unbranched alkanes of at least 4 members (excludes halogenated alkanes) is 6. The van der Waals surface area contributed by atoms with Crippen LogP contribution in [0.2, 0.25) is 0 Å². The van der Waals surface area contributed by atoms with Gasteiger partial charge in [-0.2, -0.15) is 0 Å². The molecule has 3 aromatic carbocycles. The highest BCUT2D eigenvalue weighted by Gasteiger charge is 2.59. The van der Waals surface area contributed by atoms with Crippen molar-refractivity contribution in [3.05, 3.63) is 61.3 Å². The molecule has 614 valence electrons. The number of aliphatic hydroxyl groups excluding tert-OH is 12. The van der Waals surface area contributed by atoms with Gasteiger partial charge in [0.05, 0.1) is 76.1 Å². The van der Waals surface area contributed by atoms with Crippen LogP contribution < -0.4 is 80.4 Å². The maximum atomic E-state index is 12.9. The van der Waals surface area contributed by atoms with Crippen LogP contribution in [-0.2, 0) is 57.2 Å². The van der Waals surface area contributed by atoms with Crippen molar-refractivity contribution in [1.29, 1.82) is 0 Å². The van der Waals surface area contributed by atoms with Gasteiger partial charge in [0.25, 0.3) is 49.9 Å².